The van der Waals surface area contributed by atoms with Crippen molar-refractivity contribution in [3.63, 3.8) is 0 Å². The van der Waals surface area contributed by atoms with Crippen molar-refractivity contribution < 1.29 is 5.11 Å². The van der Waals surface area contributed by atoms with E-state index in [9.17, 15) is 5.11 Å². The third-order valence-corrected chi connectivity index (χ3v) is 4.34. The van der Waals surface area contributed by atoms with E-state index in [1.165, 1.54) is 0 Å². The molecular formula is C14H13BrN2O. The largest absolute Gasteiger partial charge is 0.393 e. The van der Waals surface area contributed by atoms with Crippen molar-refractivity contribution in [3.05, 3.63) is 39.8 Å². The summed E-state index contributed by atoms with van der Waals surface area (Å²) in [5.41, 5.74) is 2.85. The van der Waals surface area contributed by atoms with Crippen LogP contribution >= 0.6 is 15.9 Å². The van der Waals surface area contributed by atoms with Crippen LogP contribution in [0, 0.1) is 13.5 Å². The summed E-state index contributed by atoms with van der Waals surface area (Å²) in [4.78, 5) is 3.54. The molecule has 3 nitrogen and oxygen atoms in total. The molecule has 1 aromatic heterocycles. The summed E-state index contributed by atoms with van der Waals surface area (Å²) in [5.74, 6) is 0. The molecule has 0 unspecified atom stereocenters. The zero-order valence-electron chi connectivity index (χ0n) is 10.0. The van der Waals surface area contributed by atoms with Gasteiger partial charge in [-0.1, -0.05) is 0 Å². The van der Waals surface area contributed by atoms with Crippen molar-refractivity contribution in [2.45, 2.75) is 31.9 Å². The predicted octanol–water partition coefficient (Wildman–Crippen LogP) is 3.96. The Morgan fingerprint density at radius 2 is 2.17 bits per heavy atom. The van der Waals surface area contributed by atoms with Gasteiger partial charge in [0.2, 0.25) is 0 Å². The molecule has 18 heavy (non-hydrogen) atoms. The number of hydrogen-bond donors (Lipinski definition) is 1. The van der Waals surface area contributed by atoms with Gasteiger partial charge in [0.05, 0.1) is 12.7 Å². The summed E-state index contributed by atoms with van der Waals surface area (Å²) in [6.45, 7) is 9.13. The monoisotopic (exact) mass is 304 g/mol. The fourth-order valence-corrected chi connectivity index (χ4v) is 3.09. The fraction of sp³-hybridized carbons (Fsp3) is 0.357. The van der Waals surface area contributed by atoms with Crippen molar-refractivity contribution in [1.29, 1.82) is 0 Å². The van der Waals surface area contributed by atoms with Crippen molar-refractivity contribution in [2.24, 2.45) is 0 Å². The van der Waals surface area contributed by atoms with Gasteiger partial charge >= 0.3 is 0 Å². The first-order valence-corrected chi connectivity index (χ1v) is 6.75. The minimum atomic E-state index is -0.158. The first kappa shape index (κ1) is 11.8. The predicted molar refractivity (Wildman–Crippen MR) is 74.9 cm³/mol. The number of benzene rings is 1. The van der Waals surface area contributed by atoms with Gasteiger partial charge in [0, 0.05) is 27.6 Å². The number of nitrogens with zero attached hydrogens (tertiary/aromatic N) is 2. The van der Waals surface area contributed by atoms with Crippen LogP contribution in [0.3, 0.4) is 0 Å². The third-order valence-electron chi connectivity index (χ3n) is 3.70. The number of fused-ring (bicyclic) bond motifs is 1. The number of halogens is 1. The van der Waals surface area contributed by atoms with E-state index in [0.717, 1.165) is 33.8 Å². The zero-order valence-corrected chi connectivity index (χ0v) is 11.6. The first-order valence-electron chi connectivity index (χ1n) is 5.96. The SMILES string of the molecule is [C-]#[N+]c1cc2c(Br)cn(C3CC(O)C3)c2cc1C. The second-order valence-corrected chi connectivity index (χ2v) is 5.79. The van der Waals surface area contributed by atoms with Crippen LogP contribution in [0.4, 0.5) is 5.69 Å². The summed E-state index contributed by atoms with van der Waals surface area (Å²) in [6.07, 6.45) is 3.54. The van der Waals surface area contributed by atoms with Gasteiger partial charge in [0.15, 0.2) is 5.69 Å². The van der Waals surface area contributed by atoms with Crippen LogP contribution in [-0.4, -0.2) is 15.8 Å². The Hall–Kier alpha value is -1.31. The third kappa shape index (κ3) is 1.66. The Balaban J connectivity index is 2.17. The molecule has 0 atom stereocenters. The molecule has 1 heterocycles. The molecule has 1 saturated carbocycles. The van der Waals surface area contributed by atoms with Crippen LogP contribution in [0.25, 0.3) is 15.7 Å². The quantitative estimate of drug-likeness (QED) is 0.794. The fourth-order valence-electron chi connectivity index (χ4n) is 2.56. The van der Waals surface area contributed by atoms with Crippen molar-refractivity contribution in [2.75, 3.05) is 0 Å². The molecular weight excluding hydrogens is 292 g/mol. The molecule has 1 N–H and O–H groups in total. The molecule has 0 bridgehead atoms. The summed E-state index contributed by atoms with van der Waals surface area (Å²) in [7, 11) is 0. The van der Waals surface area contributed by atoms with E-state index in [-0.39, 0.29) is 6.10 Å². The van der Waals surface area contributed by atoms with E-state index in [1.54, 1.807) is 0 Å². The number of aromatic nitrogens is 1. The van der Waals surface area contributed by atoms with E-state index >= 15 is 0 Å². The van der Waals surface area contributed by atoms with E-state index in [0.29, 0.717) is 11.7 Å². The standard InChI is InChI=1S/C14H13BrN2O/c1-8-3-14-11(6-13(8)16-2)12(15)7-17(14)9-4-10(18)5-9/h3,6-7,9-10,18H,4-5H2,1H3. The highest BCUT2D eigenvalue weighted by Crippen LogP contribution is 2.39. The second-order valence-electron chi connectivity index (χ2n) is 4.93. The van der Waals surface area contributed by atoms with Crippen molar-refractivity contribution >= 4 is 32.5 Å². The second kappa shape index (κ2) is 4.11. The topological polar surface area (TPSA) is 29.5 Å². The number of aliphatic hydroxyl groups is 1. The van der Waals surface area contributed by atoms with Crippen LogP contribution < -0.4 is 0 Å². The van der Waals surface area contributed by atoms with E-state index < -0.39 is 0 Å². The Bertz CT molecular complexity index is 662. The lowest BCUT2D eigenvalue weighted by molar-refractivity contribution is 0.0503. The first-order chi connectivity index (χ1) is 8.60. The van der Waals surface area contributed by atoms with Crippen LogP contribution in [0.5, 0.6) is 0 Å². The average molecular weight is 305 g/mol. The number of hydrogen-bond acceptors (Lipinski definition) is 1. The van der Waals surface area contributed by atoms with Gasteiger partial charge in [0.25, 0.3) is 0 Å². The molecule has 1 aliphatic carbocycles. The molecule has 3 rings (SSSR count). The molecule has 0 aliphatic heterocycles. The highest BCUT2D eigenvalue weighted by atomic mass is 79.9. The van der Waals surface area contributed by atoms with Crippen LogP contribution in [0.1, 0.15) is 24.4 Å². The summed E-state index contributed by atoms with van der Waals surface area (Å²) in [6, 6.07) is 4.39. The van der Waals surface area contributed by atoms with E-state index in [1.807, 2.05) is 13.0 Å². The lowest BCUT2D eigenvalue weighted by Crippen LogP contribution is -2.30. The molecule has 0 saturated heterocycles. The van der Waals surface area contributed by atoms with Gasteiger partial charge < -0.3 is 9.67 Å². The molecule has 0 spiro atoms. The Kier molecular flexibility index (Phi) is 2.69. The summed E-state index contributed by atoms with van der Waals surface area (Å²) in [5, 5.41) is 10.5. The normalized spacial score (nSPS) is 22.8. The summed E-state index contributed by atoms with van der Waals surface area (Å²) >= 11 is 3.56. The van der Waals surface area contributed by atoms with Gasteiger partial charge in [0.1, 0.15) is 0 Å². The molecule has 0 radical (unpaired) electrons. The summed E-state index contributed by atoms with van der Waals surface area (Å²) < 4.78 is 3.23. The van der Waals surface area contributed by atoms with Gasteiger partial charge in [-0.15, -0.1) is 0 Å². The Morgan fingerprint density at radius 3 is 2.78 bits per heavy atom. The Morgan fingerprint density at radius 1 is 1.44 bits per heavy atom. The van der Waals surface area contributed by atoms with E-state index in [4.69, 9.17) is 6.57 Å². The number of rotatable bonds is 1. The maximum absolute atomic E-state index is 9.43. The van der Waals surface area contributed by atoms with Crippen LogP contribution in [0.15, 0.2) is 22.8 Å². The Labute approximate surface area is 114 Å². The average Bonchev–Trinajstić information content (AvgIpc) is 2.61. The van der Waals surface area contributed by atoms with Crippen LogP contribution in [-0.2, 0) is 0 Å². The molecule has 4 heteroatoms. The molecule has 1 aromatic carbocycles. The maximum atomic E-state index is 9.43. The molecule has 2 aromatic rings. The van der Waals surface area contributed by atoms with Gasteiger partial charge in [-0.05, 0) is 53.4 Å². The maximum Gasteiger partial charge on any atom is 0.190 e. The lowest BCUT2D eigenvalue weighted by atomic mass is 9.89. The van der Waals surface area contributed by atoms with Gasteiger partial charge in [-0.2, -0.15) is 0 Å². The lowest BCUT2D eigenvalue weighted by Gasteiger charge is -2.33. The minimum Gasteiger partial charge on any atom is -0.393 e. The zero-order chi connectivity index (χ0) is 12.9. The van der Waals surface area contributed by atoms with Gasteiger partial charge in [-0.25, -0.2) is 4.85 Å². The van der Waals surface area contributed by atoms with Crippen LogP contribution in [0.2, 0.25) is 0 Å². The molecule has 0 amide bonds. The highest BCUT2D eigenvalue weighted by Gasteiger charge is 2.29. The smallest absolute Gasteiger partial charge is 0.190 e. The molecule has 1 aliphatic rings. The highest BCUT2D eigenvalue weighted by molar-refractivity contribution is 9.10. The molecule has 92 valence electrons. The van der Waals surface area contributed by atoms with Gasteiger partial charge in [-0.3, -0.25) is 0 Å². The van der Waals surface area contributed by atoms with Crippen molar-refractivity contribution in [3.8, 4) is 0 Å². The minimum absolute atomic E-state index is 0.158. The number of aliphatic hydroxyl groups excluding tert-OH is 1. The molecule has 1 fully saturated rings. The van der Waals surface area contributed by atoms with Crippen molar-refractivity contribution in [1.82, 2.24) is 4.57 Å². The number of aryl methyl sites for hydroxylation is 1. The van der Waals surface area contributed by atoms with E-state index in [2.05, 4.69) is 37.6 Å².